The molecule has 2 unspecified atom stereocenters. The SMILES string of the molecule is O=C(O)C1CCCN(C(c2cccnc2)c2ccc3ccccc3n2)C1. The fraction of sp³-hybridized carbons (Fsp3) is 0.286. The van der Waals surface area contributed by atoms with Crippen LogP contribution in [0.15, 0.2) is 60.9 Å². The van der Waals surface area contributed by atoms with Gasteiger partial charge in [-0.3, -0.25) is 19.7 Å². The van der Waals surface area contributed by atoms with E-state index in [-0.39, 0.29) is 12.0 Å². The van der Waals surface area contributed by atoms with Crippen molar-refractivity contribution < 1.29 is 9.90 Å². The van der Waals surface area contributed by atoms with Crippen LogP contribution in [0.5, 0.6) is 0 Å². The molecular weight excluding hydrogens is 326 g/mol. The van der Waals surface area contributed by atoms with Crippen molar-refractivity contribution in [2.45, 2.75) is 18.9 Å². The van der Waals surface area contributed by atoms with Crippen LogP contribution >= 0.6 is 0 Å². The average Bonchev–Trinajstić information content (AvgIpc) is 2.69. The van der Waals surface area contributed by atoms with Gasteiger partial charge in [0, 0.05) is 24.3 Å². The summed E-state index contributed by atoms with van der Waals surface area (Å²) in [6.45, 7) is 1.39. The molecule has 5 heteroatoms. The molecule has 0 spiro atoms. The summed E-state index contributed by atoms with van der Waals surface area (Å²) >= 11 is 0. The van der Waals surface area contributed by atoms with E-state index in [2.05, 4.69) is 16.0 Å². The van der Waals surface area contributed by atoms with E-state index < -0.39 is 5.97 Å². The number of carboxylic acids is 1. The van der Waals surface area contributed by atoms with Crippen molar-refractivity contribution in [3.8, 4) is 0 Å². The Labute approximate surface area is 152 Å². The van der Waals surface area contributed by atoms with Gasteiger partial charge >= 0.3 is 5.97 Å². The number of aromatic nitrogens is 2. The Morgan fingerprint density at radius 1 is 1.15 bits per heavy atom. The summed E-state index contributed by atoms with van der Waals surface area (Å²) in [5.74, 6) is -1.05. The average molecular weight is 347 g/mol. The first-order chi connectivity index (χ1) is 12.7. The lowest BCUT2D eigenvalue weighted by atomic mass is 9.93. The van der Waals surface area contributed by atoms with E-state index in [1.54, 1.807) is 6.20 Å². The molecule has 1 N–H and O–H groups in total. The molecule has 3 heterocycles. The van der Waals surface area contributed by atoms with Crippen molar-refractivity contribution in [1.29, 1.82) is 0 Å². The number of hydrogen-bond donors (Lipinski definition) is 1. The number of pyridine rings is 2. The highest BCUT2D eigenvalue weighted by molar-refractivity contribution is 5.78. The minimum Gasteiger partial charge on any atom is -0.481 e. The maximum Gasteiger partial charge on any atom is 0.307 e. The van der Waals surface area contributed by atoms with Crippen LogP contribution in [-0.2, 0) is 4.79 Å². The number of benzene rings is 1. The Morgan fingerprint density at radius 2 is 2.04 bits per heavy atom. The molecule has 0 amide bonds. The van der Waals surface area contributed by atoms with Crippen molar-refractivity contribution in [3.63, 3.8) is 0 Å². The molecule has 0 radical (unpaired) electrons. The molecule has 1 aromatic carbocycles. The third-order valence-electron chi connectivity index (χ3n) is 5.07. The lowest BCUT2D eigenvalue weighted by Gasteiger charge is -2.37. The van der Waals surface area contributed by atoms with Crippen LogP contribution < -0.4 is 0 Å². The Kier molecular flexibility index (Phi) is 4.63. The number of fused-ring (bicyclic) bond motifs is 1. The molecule has 1 aliphatic rings. The zero-order chi connectivity index (χ0) is 17.9. The maximum absolute atomic E-state index is 11.5. The molecule has 3 aromatic rings. The monoisotopic (exact) mass is 347 g/mol. The summed E-state index contributed by atoms with van der Waals surface area (Å²) in [5, 5.41) is 10.6. The predicted molar refractivity (Wildman–Crippen MR) is 99.8 cm³/mol. The molecule has 5 nitrogen and oxygen atoms in total. The minimum atomic E-state index is -0.717. The Bertz CT molecular complexity index is 913. The summed E-state index contributed by atoms with van der Waals surface area (Å²) < 4.78 is 0. The van der Waals surface area contributed by atoms with Crippen molar-refractivity contribution in [2.75, 3.05) is 13.1 Å². The molecule has 0 bridgehead atoms. The molecule has 1 saturated heterocycles. The van der Waals surface area contributed by atoms with Gasteiger partial charge in [-0.2, -0.15) is 0 Å². The molecule has 26 heavy (non-hydrogen) atoms. The number of aliphatic carboxylic acids is 1. The highest BCUT2D eigenvalue weighted by atomic mass is 16.4. The third-order valence-corrected chi connectivity index (χ3v) is 5.07. The maximum atomic E-state index is 11.5. The number of piperidine rings is 1. The van der Waals surface area contributed by atoms with E-state index in [0.717, 1.165) is 41.5 Å². The van der Waals surface area contributed by atoms with Crippen molar-refractivity contribution >= 4 is 16.9 Å². The Hall–Kier alpha value is -2.79. The molecule has 0 saturated carbocycles. The lowest BCUT2D eigenvalue weighted by molar-refractivity contribution is -0.143. The quantitative estimate of drug-likeness (QED) is 0.782. The number of para-hydroxylation sites is 1. The second kappa shape index (κ2) is 7.22. The minimum absolute atomic E-state index is 0.0875. The van der Waals surface area contributed by atoms with Gasteiger partial charge in [0.05, 0.1) is 23.2 Å². The smallest absolute Gasteiger partial charge is 0.307 e. The molecule has 1 aliphatic heterocycles. The van der Waals surface area contributed by atoms with Crippen LogP contribution in [0.4, 0.5) is 0 Å². The van der Waals surface area contributed by atoms with Gasteiger partial charge in [0.1, 0.15) is 0 Å². The van der Waals surface area contributed by atoms with Gasteiger partial charge in [-0.05, 0) is 43.1 Å². The highest BCUT2D eigenvalue weighted by Crippen LogP contribution is 2.32. The van der Waals surface area contributed by atoms with Crippen molar-refractivity contribution in [1.82, 2.24) is 14.9 Å². The fourth-order valence-electron chi connectivity index (χ4n) is 3.78. The van der Waals surface area contributed by atoms with Crippen LogP contribution in [0, 0.1) is 5.92 Å². The van der Waals surface area contributed by atoms with E-state index in [4.69, 9.17) is 4.98 Å². The zero-order valence-electron chi connectivity index (χ0n) is 14.5. The molecule has 4 rings (SSSR count). The summed E-state index contributed by atoms with van der Waals surface area (Å²) in [6, 6.07) is 16.0. The third kappa shape index (κ3) is 3.30. The number of rotatable bonds is 4. The van der Waals surface area contributed by atoms with Crippen LogP contribution in [-0.4, -0.2) is 39.0 Å². The van der Waals surface area contributed by atoms with E-state index in [0.29, 0.717) is 6.54 Å². The molecule has 0 aliphatic carbocycles. The topological polar surface area (TPSA) is 66.3 Å². The van der Waals surface area contributed by atoms with Crippen LogP contribution in [0.2, 0.25) is 0 Å². The number of nitrogens with zero attached hydrogens (tertiary/aromatic N) is 3. The second-order valence-electron chi connectivity index (χ2n) is 6.79. The van der Waals surface area contributed by atoms with Gasteiger partial charge < -0.3 is 5.11 Å². The summed E-state index contributed by atoms with van der Waals surface area (Å²) in [4.78, 5) is 22.9. The van der Waals surface area contributed by atoms with Gasteiger partial charge in [-0.25, -0.2) is 0 Å². The zero-order valence-corrected chi connectivity index (χ0v) is 14.5. The number of likely N-dealkylation sites (tertiary alicyclic amines) is 1. The van der Waals surface area contributed by atoms with Crippen LogP contribution in [0.25, 0.3) is 10.9 Å². The largest absolute Gasteiger partial charge is 0.481 e. The van der Waals surface area contributed by atoms with E-state index in [1.165, 1.54) is 0 Å². The van der Waals surface area contributed by atoms with E-state index in [1.807, 2.05) is 48.7 Å². The standard InChI is InChI=1S/C21H21N3O2/c25-21(26)17-7-4-12-24(14-17)20(16-6-3-11-22-13-16)19-10-9-15-5-1-2-8-18(15)23-19/h1-3,5-6,8-11,13,17,20H,4,7,12,14H2,(H,25,26). The summed E-state index contributed by atoms with van der Waals surface area (Å²) in [6.07, 6.45) is 5.22. The number of hydrogen-bond acceptors (Lipinski definition) is 4. The van der Waals surface area contributed by atoms with E-state index in [9.17, 15) is 9.90 Å². The first-order valence-electron chi connectivity index (χ1n) is 8.95. The van der Waals surface area contributed by atoms with Crippen molar-refractivity contribution in [2.24, 2.45) is 5.92 Å². The lowest BCUT2D eigenvalue weighted by Crippen LogP contribution is -2.41. The fourth-order valence-corrected chi connectivity index (χ4v) is 3.78. The van der Waals surface area contributed by atoms with Gasteiger partial charge in [-0.15, -0.1) is 0 Å². The Morgan fingerprint density at radius 3 is 2.85 bits per heavy atom. The van der Waals surface area contributed by atoms with Crippen LogP contribution in [0.3, 0.4) is 0 Å². The predicted octanol–water partition coefficient (Wildman–Crippen LogP) is 3.52. The Balaban J connectivity index is 1.76. The molecule has 2 aromatic heterocycles. The van der Waals surface area contributed by atoms with Gasteiger partial charge in [0.2, 0.25) is 0 Å². The van der Waals surface area contributed by atoms with Gasteiger partial charge in [0.15, 0.2) is 0 Å². The van der Waals surface area contributed by atoms with Gasteiger partial charge in [0.25, 0.3) is 0 Å². The van der Waals surface area contributed by atoms with Crippen molar-refractivity contribution in [3.05, 3.63) is 72.2 Å². The number of carbonyl (C=O) groups is 1. The molecular formula is C21H21N3O2. The summed E-state index contributed by atoms with van der Waals surface area (Å²) in [5.41, 5.74) is 2.93. The second-order valence-corrected chi connectivity index (χ2v) is 6.79. The van der Waals surface area contributed by atoms with Gasteiger partial charge in [-0.1, -0.05) is 30.3 Å². The van der Waals surface area contributed by atoms with E-state index >= 15 is 0 Å². The molecule has 1 fully saturated rings. The highest BCUT2D eigenvalue weighted by Gasteiger charge is 2.32. The first kappa shape index (κ1) is 16.7. The van der Waals surface area contributed by atoms with Crippen LogP contribution in [0.1, 0.15) is 30.1 Å². The summed E-state index contributed by atoms with van der Waals surface area (Å²) in [7, 11) is 0. The number of carboxylic acid groups (broad SMARTS) is 1. The normalized spacial score (nSPS) is 19.3. The molecule has 132 valence electrons. The first-order valence-corrected chi connectivity index (χ1v) is 8.95. The molecule has 2 atom stereocenters.